The Hall–Kier alpha value is -2.08. The van der Waals surface area contributed by atoms with Gasteiger partial charge in [0.15, 0.2) is 0 Å². The molecule has 3 N–H and O–H groups in total. The molecule has 0 bridgehead atoms. The molecule has 0 aliphatic rings. The summed E-state index contributed by atoms with van der Waals surface area (Å²) in [5, 5.41) is 8.08. The minimum absolute atomic E-state index is 0.127. The molecule has 0 fully saturated rings. The molecule has 0 aliphatic carbocycles. The van der Waals surface area contributed by atoms with Gasteiger partial charge in [0, 0.05) is 6.54 Å². The van der Waals surface area contributed by atoms with Crippen LogP contribution in [0.1, 0.15) is 31.1 Å². The molecule has 1 atom stereocenters. The molecule has 1 aromatic rings. The van der Waals surface area contributed by atoms with Gasteiger partial charge in [0.1, 0.15) is 6.04 Å². The summed E-state index contributed by atoms with van der Waals surface area (Å²) >= 11 is 5.98. The van der Waals surface area contributed by atoms with Crippen molar-refractivity contribution in [3.63, 3.8) is 0 Å². The number of amides is 3. The minimum atomic E-state index is -0.756. The SMILES string of the molecule is CCNC(=O)CNC(=O)[C@@H](NC(=O)c1ccccc1Cl)C(C)C. The molecule has 23 heavy (non-hydrogen) atoms. The van der Waals surface area contributed by atoms with Crippen LogP contribution < -0.4 is 16.0 Å². The molecule has 0 heterocycles. The van der Waals surface area contributed by atoms with Crippen LogP contribution in [0.3, 0.4) is 0 Å². The third-order valence-electron chi connectivity index (χ3n) is 3.15. The summed E-state index contributed by atoms with van der Waals surface area (Å²) in [6.07, 6.45) is 0. The zero-order valence-electron chi connectivity index (χ0n) is 13.5. The number of halogens is 1. The van der Waals surface area contributed by atoms with Crippen molar-refractivity contribution in [1.82, 2.24) is 16.0 Å². The lowest BCUT2D eigenvalue weighted by atomic mass is 10.0. The highest BCUT2D eigenvalue weighted by Crippen LogP contribution is 2.15. The van der Waals surface area contributed by atoms with Gasteiger partial charge in [-0.2, -0.15) is 0 Å². The normalized spacial score (nSPS) is 11.7. The molecule has 126 valence electrons. The fourth-order valence-electron chi connectivity index (χ4n) is 1.94. The first-order chi connectivity index (χ1) is 10.9. The number of benzene rings is 1. The number of likely N-dealkylation sites (N-methyl/N-ethyl adjacent to an activating group) is 1. The molecule has 0 aliphatic heterocycles. The molecule has 0 saturated heterocycles. The first-order valence-electron chi connectivity index (χ1n) is 7.46. The van der Waals surface area contributed by atoms with E-state index in [2.05, 4.69) is 16.0 Å². The number of carbonyl (C=O) groups is 3. The summed E-state index contributed by atoms with van der Waals surface area (Å²) in [5.41, 5.74) is 0.302. The van der Waals surface area contributed by atoms with E-state index in [1.54, 1.807) is 31.2 Å². The summed E-state index contributed by atoms with van der Waals surface area (Å²) in [6, 6.07) is 5.85. The maximum atomic E-state index is 12.3. The summed E-state index contributed by atoms with van der Waals surface area (Å²) < 4.78 is 0. The molecular formula is C16H22ClN3O3. The van der Waals surface area contributed by atoms with Gasteiger partial charge >= 0.3 is 0 Å². The molecule has 1 aromatic carbocycles. The van der Waals surface area contributed by atoms with Crippen LogP contribution in [0.15, 0.2) is 24.3 Å². The monoisotopic (exact) mass is 339 g/mol. The summed E-state index contributed by atoms with van der Waals surface area (Å²) in [7, 11) is 0. The quantitative estimate of drug-likeness (QED) is 0.700. The number of rotatable bonds is 7. The molecule has 1 rings (SSSR count). The molecule has 0 unspecified atom stereocenters. The molecule has 3 amide bonds. The second-order valence-electron chi connectivity index (χ2n) is 5.35. The van der Waals surface area contributed by atoms with Crippen molar-refractivity contribution in [1.29, 1.82) is 0 Å². The lowest BCUT2D eigenvalue weighted by Gasteiger charge is -2.21. The lowest BCUT2D eigenvalue weighted by Crippen LogP contribution is -2.51. The van der Waals surface area contributed by atoms with Crippen LogP contribution in [0.5, 0.6) is 0 Å². The van der Waals surface area contributed by atoms with Gasteiger partial charge in [-0.3, -0.25) is 14.4 Å². The van der Waals surface area contributed by atoms with Crippen LogP contribution in [-0.2, 0) is 9.59 Å². The highest BCUT2D eigenvalue weighted by Gasteiger charge is 2.25. The van der Waals surface area contributed by atoms with E-state index in [1.165, 1.54) is 0 Å². The van der Waals surface area contributed by atoms with E-state index < -0.39 is 17.9 Å². The topological polar surface area (TPSA) is 87.3 Å². The zero-order valence-corrected chi connectivity index (χ0v) is 14.2. The van der Waals surface area contributed by atoms with Gasteiger partial charge in [-0.15, -0.1) is 0 Å². The van der Waals surface area contributed by atoms with Gasteiger partial charge in [0.05, 0.1) is 17.1 Å². The Bertz CT molecular complexity index is 575. The Kier molecular flexibility index (Phi) is 7.54. The fraction of sp³-hybridized carbons (Fsp3) is 0.438. The van der Waals surface area contributed by atoms with Crippen molar-refractivity contribution in [2.45, 2.75) is 26.8 Å². The van der Waals surface area contributed by atoms with Crippen LogP contribution in [0, 0.1) is 5.92 Å². The Morgan fingerprint density at radius 2 is 1.78 bits per heavy atom. The number of nitrogens with one attached hydrogen (secondary N) is 3. The number of hydrogen-bond donors (Lipinski definition) is 3. The first kappa shape index (κ1) is 19.0. The maximum Gasteiger partial charge on any atom is 0.253 e. The van der Waals surface area contributed by atoms with Gasteiger partial charge in [0.25, 0.3) is 5.91 Å². The largest absolute Gasteiger partial charge is 0.355 e. The second-order valence-corrected chi connectivity index (χ2v) is 5.75. The van der Waals surface area contributed by atoms with Crippen molar-refractivity contribution in [2.75, 3.05) is 13.1 Å². The van der Waals surface area contributed by atoms with Crippen molar-refractivity contribution in [2.24, 2.45) is 5.92 Å². The third kappa shape index (κ3) is 5.90. The molecule has 0 radical (unpaired) electrons. The van der Waals surface area contributed by atoms with Crippen LogP contribution in [0.4, 0.5) is 0 Å². The van der Waals surface area contributed by atoms with E-state index in [0.717, 1.165) is 0 Å². The van der Waals surface area contributed by atoms with Gasteiger partial charge in [0.2, 0.25) is 11.8 Å². The molecule has 0 spiro atoms. The Morgan fingerprint density at radius 3 is 2.35 bits per heavy atom. The number of hydrogen-bond acceptors (Lipinski definition) is 3. The molecule has 7 heteroatoms. The van der Waals surface area contributed by atoms with Crippen molar-refractivity contribution in [3.05, 3.63) is 34.9 Å². The van der Waals surface area contributed by atoms with E-state index in [1.807, 2.05) is 13.8 Å². The molecule has 6 nitrogen and oxygen atoms in total. The predicted molar refractivity (Wildman–Crippen MR) is 89.2 cm³/mol. The Morgan fingerprint density at radius 1 is 1.13 bits per heavy atom. The van der Waals surface area contributed by atoms with Gasteiger partial charge in [-0.25, -0.2) is 0 Å². The van der Waals surface area contributed by atoms with Crippen molar-refractivity contribution >= 4 is 29.3 Å². The second kappa shape index (κ2) is 9.15. The van der Waals surface area contributed by atoms with Crippen LogP contribution in [0.2, 0.25) is 5.02 Å². The maximum absolute atomic E-state index is 12.3. The van der Waals surface area contributed by atoms with Crippen LogP contribution in [0.25, 0.3) is 0 Å². The van der Waals surface area contributed by atoms with E-state index >= 15 is 0 Å². The third-order valence-corrected chi connectivity index (χ3v) is 3.48. The summed E-state index contributed by atoms with van der Waals surface area (Å²) in [5.74, 6) is -1.26. The standard InChI is InChI=1S/C16H22ClN3O3/c1-4-18-13(21)9-19-16(23)14(10(2)3)20-15(22)11-7-5-6-8-12(11)17/h5-8,10,14H,4,9H2,1-3H3,(H,18,21)(H,19,23)(H,20,22)/t14-/m0/s1. The lowest BCUT2D eigenvalue weighted by molar-refractivity contribution is -0.127. The average Bonchev–Trinajstić information content (AvgIpc) is 2.50. The highest BCUT2D eigenvalue weighted by molar-refractivity contribution is 6.33. The average molecular weight is 340 g/mol. The fourth-order valence-corrected chi connectivity index (χ4v) is 2.16. The smallest absolute Gasteiger partial charge is 0.253 e. The molecular weight excluding hydrogens is 318 g/mol. The summed E-state index contributed by atoms with van der Waals surface area (Å²) in [4.78, 5) is 35.9. The predicted octanol–water partition coefficient (Wildman–Crippen LogP) is 1.35. The van der Waals surface area contributed by atoms with Gasteiger partial charge < -0.3 is 16.0 Å². The highest BCUT2D eigenvalue weighted by atomic mass is 35.5. The van der Waals surface area contributed by atoms with Gasteiger partial charge in [-0.1, -0.05) is 37.6 Å². The Labute approximate surface area is 141 Å². The summed E-state index contributed by atoms with van der Waals surface area (Å²) in [6.45, 7) is 5.77. The zero-order chi connectivity index (χ0) is 17.4. The van der Waals surface area contributed by atoms with Crippen LogP contribution >= 0.6 is 11.6 Å². The van der Waals surface area contributed by atoms with E-state index in [9.17, 15) is 14.4 Å². The first-order valence-corrected chi connectivity index (χ1v) is 7.84. The van der Waals surface area contributed by atoms with E-state index in [4.69, 9.17) is 11.6 Å². The van der Waals surface area contributed by atoms with Crippen LogP contribution in [-0.4, -0.2) is 36.9 Å². The van der Waals surface area contributed by atoms with E-state index in [0.29, 0.717) is 17.1 Å². The Balaban J connectivity index is 2.71. The van der Waals surface area contributed by atoms with Crippen molar-refractivity contribution in [3.8, 4) is 0 Å². The minimum Gasteiger partial charge on any atom is -0.355 e. The number of carbonyl (C=O) groups excluding carboxylic acids is 3. The van der Waals surface area contributed by atoms with Crippen molar-refractivity contribution < 1.29 is 14.4 Å². The molecule has 0 saturated carbocycles. The van der Waals surface area contributed by atoms with E-state index in [-0.39, 0.29) is 18.4 Å². The van der Waals surface area contributed by atoms with Gasteiger partial charge in [-0.05, 0) is 25.0 Å². The molecule has 0 aromatic heterocycles.